The smallest absolute Gasteiger partial charge is 0.261 e. The van der Waals surface area contributed by atoms with Crippen molar-refractivity contribution >= 4 is 46.5 Å². The Bertz CT molecular complexity index is 395. The molecular formula is C8H5Cl2NO2S. The first-order chi connectivity index (χ1) is 6.50. The van der Waals surface area contributed by atoms with Gasteiger partial charge in [-0.15, -0.1) is 0 Å². The topological polar surface area (TPSA) is 49.3 Å². The van der Waals surface area contributed by atoms with Gasteiger partial charge >= 0.3 is 0 Å². The fourth-order valence-corrected chi connectivity index (χ4v) is 1.43. The Balaban J connectivity index is 2.96. The van der Waals surface area contributed by atoms with E-state index in [1.165, 1.54) is 18.2 Å². The number of amides is 1. The second-order valence-electron chi connectivity index (χ2n) is 2.38. The van der Waals surface area contributed by atoms with Crippen molar-refractivity contribution in [2.45, 2.75) is 0 Å². The van der Waals surface area contributed by atoms with E-state index >= 15 is 0 Å². The maximum atomic E-state index is 11.3. The third-order valence-electron chi connectivity index (χ3n) is 1.40. The summed E-state index contributed by atoms with van der Waals surface area (Å²) < 4.78 is 0. The van der Waals surface area contributed by atoms with Gasteiger partial charge in [-0.3, -0.25) is 10.1 Å². The molecule has 3 nitrogen and oxygen atoms in total. The van der Waals surface area contributed by atoms with E-state index < -0.39 is 11.1 Å². The fourth-order valence-electron chi connectivity index (χ4n) is 0.838. The van der Waals surface area contributed by atoms with Crippen LogP contribution in [0.5, 0.6) is 0 Å². The number of halogens is 2. The van der Waals surface area contributed by atoms with Gasteiger partial charge in [0.05, 0.1) is 10.6 Å². The van der Waals surface area contributed by atoms with E-state index in [-0.39, 0.29) is 10.6 Å². The molecule has 2 N–H and O–H groups in total. The average molecular weight is 250 g/mol. The Morgan fingerprint density at radius 3 is 2.57 bits per heavy atom. The highest BCUT2D eigenvalue weighted by Gasteiger charge is 2.11. The van der Waals surface area contributed by atoms with Gasteiger partial charge in [-0.05, 0) is 30.4 Å². The number of thiocarbonyl (C=S) groups is 1. The highest BCUT2D eigenvalue weighted by atomic mass is 35.5. The standard InChI is InChI=1S/C8H5Cl2NO2S/c9-4-1-2-5(6(10)3-4)7(12)11-8(13)14/h1-3H,(H2,11,12,13,14). The molecule has 0 saturated heterocycles. The number of hydrogen-bond acceptors (Lipinski definition) is 2. The minimum absolute atomic E-state index is 0.200. The normalized spacial score (nSPS) is 9.57. The molecule has 0 fully saturated rings. The molecule has 0 aromatic heterocycles. The molecule has 0 aliphatic rings. The van der Waals surface area contributed by atoms with Crippen LogP contribution in [-0.2, 0) is 0 Å². The highest BCUT2D eigenvalue weighted by molar-refractivity contribution is 7.80. The van der Waals surface area contributed by atoms with Gasteiger partial charge in [0.25, 0.3) is 11.1 Å². The molecule has 14 heavy (non-hydrogen) atoms. The van der Waals surface area contributed by atoms with Crippen molar-refractivity contribution in [2.75, 3.05) is 0 Å². The molecular weight excluding hydrogens is 245 g/mol. The molecule has 0 heterocycles. The molecule has 0 spiro atoms. The molecule has 1 aromatic carbocycles. The predicted octanol–water partition coefficient (Wildman–Crippen LogP) is 2.57. The van der Waals surface area contributed by atoms with Crippen molar-refractivity contribution in [3.05, 3.63) is 33.8 Å². The van der Waals surface area contributed by atoms with Crippen LogP contribution in [0, 0.1) is 0 Å². The Kier molecular flexibility index (Phi) is 3.69. The number of nitrogens with one attached hydrogen (secondary N) is 1. The van der Waals surface area contributed by atoms with Crippen LogP contribution in [0.2, 0.25) is 10.0 Å². The molecule has 6 heteroatoms. The maximum absolute atomic E-state index is 11.3. The minimum atomic E-state index is -0.596. The molecule has 0 aliphatic carbocycles. The van der Waals surface area contributed by atoms with E-state index in [0.29, 0.717) is 5.02 Å². The third-order valence-corrected chi connectivity index (χ3v) is 2.05. The van der Waals surface area contributed by atoms with E-state index in [9.17, 15) is 4.79 Å². The van der Waals surface area contributed by atoms with E-state index in [4.69, 9.17) is 28.3 Å². The van der Waals surface area contributed by atoms with Crippen molar-refractivity contribution in [2.24, 2.45) is 0 Å². The fraction of sp³-hybridized carbons (Fsp3) is 0. The second-order valence-corrected chi connectivity index (χ2v) is 3.61. The second kappa shape index (κ2) is 4.59. The monoisotopic (exact) mass is 249 g/mol. The summed E-state index contributed by atoms with van der Waals surface area (Å²) in [6.45, 7) is 0. The lowest BCUT2D eigenvalue weighted by molar-refractivity contribution is 0.0972. The molecule has 0 radical (unpaired) electrons. The molecule has 0 aliphatic heterocycles. The van der Waals surface area contributed by atoms with Crippen LogP contribution >= 0.6 is 35.4 Å². The van der Waals surface area contributed by atoms with Crippen LogP contribution in [0.15, 0.2) is 18.2 Å². The number of aliphatic hydroxyl groups is 1. The van der Waals surface area contributed by atoms with Crippen LogP contribution in [-0.4, -0.2) is 16.2 Å². The van der Waals surface area contributed by atoms with Gasteiger partial charge < -0.3 is 5.11 Å². The Hall–Kier alpha value is -0.840. The van der Waals surface area contributed by atoms with E-state index in [0.717, 1.165) is 0 Å². The summed E-state index contributed by atoms with van der Waals surface area (Å²) in [5.74, 6) is -0.570. The Morgan fingerprint density at radius 1 is 1.43 bits per heavy atom. The number of aliphatic hydroxyl groups excluding tert-OH is 1. The molecule has 1 amide bonds. The summed E-state index contributed by atoms with van der Waals surface area (Å²) in [5, 5.41) is 10.7. The van der Waals surface area contributed by atoms with Crippen LogP contribution < -0.4 is 5.32 Å². The Labute approximate surface area is 95.6 Å². The van der Waals surface area contributed by atoms with E-state index in [2.05, 4.69) is 12.2 Å². The molecule has 0 bridgehead atoms. The summed E-state index contributed by atoms with van der Waals surface area (Å²) in [5.41, 5.74) is 0.201. The minimum Gasteiger partial charge on any atom is -0.486 e. The zero-order chi connectivity index (χ0) is 10.7. The number of rotatable bonds is 1. The first kappa shape index (κ1) is 11.2. The van der Waals surface area contributed by atoms with Crippen molar-refractivity contribution < 1.29 is 9.90 Å². The maximum Gasteiger partial charge on any atom is 0.261 e. The van der Waals surface area contributed by atoms with Gasteiger partial charge in [0.1, 0.15) is 0 Å². The molecule has 1 rings (SSSR count). The van der Waals surface area contributed by atoms with Crippen molar-refractivity contribution in [1.29, 1.82) is 0 Å². The number of carbonyl (C=O) groups is 1. The summed E-state index contributed by atoms with van der Waals surface area (Å²) in [6, 6.07) is 4.39. The number of benzene rings is 1. The first-order valence-electron chi connectivity index (χ1n) is 3.50. The van der Waals surface area contributed by atoms with Crippen molar-refractivity contribution in [3.8, 4) is 0 Å². The van der Waals surface area contributed by atoms with E-state index in [1.807, 2.05) is 5.32 Å². The SMILES string of the molecule is O=C(NC(O)=S)c1ccc(Cl)cc1Cl. The van der Waals surface area contributed by atoms with Crippen LogP contribution in [0.25, 0.3) is 0 Å². The van der Waals surface area contributed by atoms with Gasteiger partial charge in [0.15, 0.2) is 0 Å². The third kappa shape index (κ3) is 2.83. The van der Waals surface area contributed by atoms with Gasteiger partial charge in [0, 0.05) is 5.02 Å². The lowest BCUT2D eigenvalue weighted by atomic mass is 10.2. The van der Waals surface area contributed by atoms with Crippen molar-refractivity contribution in [3.63, 3.8) is 0 Å². The molecule has 0 unspecified atom stereocenters. The Morgan fingerprint density at radius 2 is 2.07 bits per heavy atom. The van der Waals surface area contributed by atoms with Gasteiger partial charge in [-0.25, -0.2) is 0 Å². The van der Waals surface area contributed by atoms with Crippen LogP contribution in [0.4, 0.5) is 0 Å². The highest BCUT2D eigenvalue weighted by Crippen LogP contribution is 2.20. The predicted molar refractivity (Wildman–Crippen MR) is 59.2 cm³/mol. The largest absolute Gasteiger partial charge is 0.486 e. The number of hydrogen-bond donors (Lipinski definition) is 2. The molecule has 1 aromatic rings. The summed E-state index contributed by atoms with van der Waals surface area (Å²) in [4.78, 5) is 11.3. The van der Waals surface area contributed by atoms with Crippen LogP contribution in [0.1, 0.15) is 10.4 Å². The quantitative estimate of drug-likeness (QED) is 0.753. The van der Waals surface area contributed by atoms with Gasteiger partial charge in [-0.2, -0.15) is 0 Å². The van der Waals surface area contributed by atoms with Gasteiger partial charge in [0.2, 0.25) is 0 Å². The van der Waals surface area contributed by atoms with Gasteiger partial charge in [-0.1, -0.05) is 23.2 Å². The lowest BCUT2D eigenvalue weighted by Crippen LogP contribution is -2.28. The molecule has 0 saturated carbocycles. The lowest BCUT2D eigenvalue weighted by Gasteiger charge is -2.03. The van der Waals surface area contributed by atoms with Crippen LogP contribution in [0.3, 0.4) is 0 Å². The van der Waals surface area contributed by atoms with E-state index in [1.54, 1.807) is 0 Å². The average Bonchev–Trinajstić information content (AvgIpc) is 2.01. The molecule has 74 valence electrons. The summed E-state index contributed by atoms with van der Waals surface area (Å²) in [6.07, 6.45) is 0. The zero-order valence-electron chi connectivity index (χ0n) is 6.75. The molecule has 0 atom stereocenters. The zero-order valence-corrected chi connectivity index (χ0v) is 9.08. The number of carbonyl (C=O) groups excluding carboxylic acids is 1. The van der Waals surface area contributed by atoms with Crippen molar-refractivity contribution in [1.82, 2.24) is 5.32 Å². The summed E-state index contributed by atoms with van der Waals surface area (Å²) >= 11 is 15.7. The first-order valence-corrected chi connectivity index (χ1v) is 4.66. The summed E-state index contributed by atoms with van der Waals surface area (Å²) in [7, 11) is 0.